The number of hydrogen-bond acceptors (Lipinski definition) is 2. The molecule has 1 N–H and O–H groups in total. The third kappa shape index (κ3) is 2.02. The summed E-state index contributed by atoms with van der Waals surface area (Å²) in [4.78, 5) is 11.9. The highest BCUT2D eigenvalue weighted by Crippen LogP contribution is 2.34. The lowest BCUT2D eigenvalue weighted by Crippen LogP contribution is -2.46. The lowest BCUT2D eigenvalue weighted by molar-refractivity contribution is -0.152. The van der Waals surface area contributed by atoms with E-state index in [0.29, 0.717) is 26.1 Å². The van der Waals surface area contributed by atoms with E-state index >= 15 is 0 Å². The minimum atomic E-state index is -0.896. The Kier molecular flexibility index (Phi) is 3.32. The molecule has 1 fully saturated rings. The van der Waals surface area contributed by atoms with Crippen molar-refractivity contribution in [2.75, 3.05) is 13.2 Å². The van der Waals surface area contributed by atoms with Crippen LogP contribution in [0.15, 0.2) is 48.7 Å². The molecule has 0 saturated carbocycles. The van der Waals surface area contributed by atoms with Gasteiger partial charge in [0.25, 0.3) is 0 Å². The van der Waals surface area contributed by atoms with Crippen LogP contribution in [0.2, 0.25) is 0 Å². The summed E-state index contributed by atoms with van der Waals surface area (Å²) in [7, 11) is 0. The molecule has 0 atom stereocenters. The van der Waals surface area contributed by atoms with E-state index in [1.54, 1.807) is 0 Å². The molecule has 4 heteroatoms. The van der Waals surface area contributed by atoms with Crippen molar-refractivity contribution in [1.29, 1.82) is 0 Å². The highest BCUT2D eigenvalue weighted by atomic mass is 16.5. The lowest BCUT2D eigenvalue weighted by Gasteiger charge is -2.36. The number of carbonyl (C=O) groups is 1. The third-order valence-electron chi connectivity index (χ3n) is 4.00. The summed E-state index contributed by atoms with van der Waals surface area (Å²) in [6, 6.07) is 13.8. The molecule has 20 heavy (non-hydrogen) atoms. The molecule has 4 nitrogen and oxygen atoms in total. The first-order chi connectivity index (χ1) is 9.74. The van der Waals surface area contributed by atoms with Gasteiger partial charge in [0.2, 0.25) is 0 Å². The third-order valence-corrected chi connectivity index (χ3v) is 4.00. The van der Waals surface area contributed by atoms with Crippen LogP contribution in [0.4, 0.5) is 0 Å². The van der Waals surface area contributed by atoms with E-state index in [2.05, 4.69) is 0 Å². The van der Waals surface area contributed by atoms with Crippen molar-refractivity contribution < 1.29 is 14.6 Å². The second kappa shape index (κ2) is 5.13. The van der Waals surface area contributed by atoms with Gasteiger partial charge in [-0.3, -0.25) is 0 Å². The van der Waals surface area contributed by atoms with Gasteiger partial charge in [-0.25, -0.2) is 4.79 Å². The summed E-state index contributed by atoms with van der Waals surface area (Å²) < 4.78 is 7.24. The molecular formula is C16H17NO3. The van der Waals surface area contributed by atoms with Gasteiger partial charge in [0.05, 0.1) is 0 Å². The van der Waals surface area contributed by atoms with Gasteiger partial charge >= 0.3 is 5.97 Å². The van der Waals surface area contributed by atoms with Crippen molar-refractivity contribution in [3.8, 4) is 11.3 Å². The van der Waals surface area contributed by atoms with Crippen molar-refractivity contribution in [2.24, 2.45) is 0 Å². The Labute approximate surface area is 117 Å². The summed E-state index contributed by atoms with van der Waals surface area (Å²) in [5.74, 6) is -0.783. The molecule has 2 heterocycles. The summed E-state index contributed by atoms with van der Waals surface area (Å²) in [6.45, 7) is 0.970. The van der Waals surface area contributed by atoms with E-state index in [1.807, 2.05) is 53.2 Å². The molecule has 3 rings (SSSR count). The maximum atomic E-state index is 11.9. The van der Waals surface area contributed by atoms with Gasteiger partial charge in [0.15, 0.2) is 0 Å². The zero-order valence-corrected chi connectivity index (χ0v) is 11.2. The van der Waals surface area contributed by atoms with Crippen LogP contribution in [0.1, 0.15) is 12.8 Å². The van der Waals surface area contributed by atoms with Crippen LogP contribution in [-0.2, 0) is 15.1 Å². The van der Waals surface area contributed by atoms with Crippen LogP contribution in [-0.4, -0.2) is 28.9 Å². The molecule has 0 unspecified atom stereocenters. The van der Waals surface area contributed by atoms with Crippen molar-refractivity contribution >= 4 is 5.97 Å². The number of nitrogens with zero attached hydrogens (tertiary/aromatic N) is 1. The van der Waals surface area contributed by atoms with Gasteiger partial charge in [0.1, 0.15) is 5.54 Å². The Balaban J connectivity index is 2.10. The molecule has 1 aliphatic rings. The number of benzene rings is 1. The summed E-state index contributed by atoms with van der Waals surface area (Å²) in [5, 5.41) is 9.76. The molecule has 1 aromatic heterocycles. The summed E-state index contributed by atoms with van der Waals surface area (Å²) in [5.41, 5.74) is 1.08. The molecule has 0 amide bonds. The summed E-state index contributed by atoms with van der Waals surface area (Å²) >= 11 is 0. The van der Waals surface area contributed by atoms with E-state index in [4.69, 9.17) is 4.74 Å². The monoisotopic (exact) mass is 271 g/mol. The molecule has 0 bridgehead atoms. The average molecular weight is 271 g/mol. The maximum Gasteiger partial charge on any atom is 0.330 e. The van der Waals surface area contributed by atoms with E-state index in [1.165, 1.54) is 0 Å². The second-order valence-electron chi connectivity index (χ2n) is 5.08. The maximum absolute atomic E-state index is 11.9. The van der Waals surface area contributed by atoms with Gasteiger partial charge in [0, 0.05) is 37.9 Å². The molecule has 1 aromatic carbocycles. The first-order valence-electron chi connectivity index (χ1n) is 6.78. The quantitative estimate of drug-likeness (QED) is 0.933. The molecule has 104 valence electrons. The Morgan fingerprint density at radius 2 is 1.80 bits per heavy atom. The highest BCUT2D eigenvalue weighted by molar-refractivity contribution is 5.78. The van der Waals surface area contributed by atoms with Gasteiger partial charge in [-0.2, -0.15) is 0 Å². The van der Waals surface area contributed by atoms with Crippen LogP contribution in [0.3, 0.4) is 0 Å². The number of hydrogen-bond donors (Lipinski definition) is 1. The van der Waals surface area contributed by atoms with Crippen LogP contribution in [0.25, 0.3) is 11.3 Å². The predicted molar refractivity (Wildman–Crippen MR) is 75.5 cm³/mol. The minimum Gasteiger partial charge on any atom is -0.479 e. The van der Waals surface area contributed by atoms with Gasteiger partial charge < -0.3 is 14.4 Å². The predicted octanol–water partition coefficient (Wildman–Crippen LogP) is 2.75. The van der Waals surface area contributed by atoms with Gasteiger partial charge in [-0.1, -0.05) is 30.3 Å². The van der Waals surface area contributed by atoms with Gasteiger partial charge in [-0.15, -0.1) is 0 Å². The largest absolute Gasteiger partial charge is 0.479 e. The van der Waals surface area contributed by atoms with Crippen molar-refractivity contribution in [2.45, 2.75) is 18.4 Å². The molecular weight excluding hydrogens is 254 g/mol. The van der Waals surface area contributed by atoms with Crippen molar-refractivity contribution in [1.82, 2.24) is 4.57 Å². The Bertz CT molecular complexity index is 597. The number of rotatable bonds is 3. The average Bonchev–Trinajstić information content (AvgIpc) is 2.98. The van der Waals surface area contributed by atoms with E-state index in [0.717, 1.165) is 11.3 Å². The van der Waals surface area contributed by atoms with Crippen LogP contribution < -0.4 is 0 Å². The normalized spacial score (nSPS) is 17.8. The van der Waals surface area contributed by atoms with E-state index in [9.17, 15) is 9.90 Å². The molecule has 2 aromatic rings. The first-order valence-corrected chi connectivity index (χ1v) is 6.78. The number of aliphatic carboxylic acids is 1. The van der Waals surface area contributed by atoms with Crippen LogP contribution >= 0.6 is 0 Å². The summed E-state index contributed by atoms with van der Waals surface area (Å²) in [6.07, 6.45) is 2.86. The lowest BCUT2D eigenvalue weighted by atomic mass is 9.89. The topological polar surface area (TPSA) is 51.5 Å². The Morgan fingerprint density at radius 3 is 2.45 bits per heavy atom. The van der Waals surface area contributed by atoms with Gasteiger partial charge in [-0.05, 0) is 17.7 Å². The fourth-order valence-corrected chi connectivity index (χ4v) is 2.87. The fourth-order valence-electron chi connectivity index (χ4n) is 2.87. The molecule has 0 aliphatic carbocycles. The van der Waals surface area contributed by atoms with Crippen LogP contribution in [0, 0.1) is 0 Å². The standard InChI is InChI=1S/C16H17NO3/c18-15(19)16(8-11-20-12-9-16)17-10-4-7-14(17)13-5-2-1-3-6-13/h1-7,10H,8-9,11-12H2,(H,18,19). The molecule has 0 spiro atoms. The second-order valence-corrected chi connectivity index (χ2v) is 5.08. The number of carboxylic acid groups (broad SMARTS) is 1. The minimum absolute atomic E-state index is 0.485. The number of carboxylic acids is 1. The van der Waals surface area contributed by atoms with E-state index in [-0.39, 0.29) is 0 Å². The molecule has 1 aliphatic heterocycles. The first kappa shape index (κ1) is 12.9. The zero-order valence-electron chi connectivity index (χ0n) is 11.2. The molecule has 0 radical (unpaired) electrons. The van der Waals surface area contributed by atoms with Crippen molar-refractivity contribution in [3.05, 3.63) is 48.7 Å². The zero-order chi connectivity index (χ0) is 14.0. The highest BCUT2D eigenvalue weighted by Gasteiger charge is 2.42. The SMILES string of the molecule is O=C(O)C1(n2cccc2-c2ccccc2)CCOCC1. The molecule has 1 saturated heterocycles. The number of ether oxygens (including phenoxy) is 1. The Hall–Kier alpha value is -2.07. The number of aromatic nitrogens is 1. The fraction of sp³-hybridized carbons (Fsp3) is 0.312. The van der Waals surface area contributed by atoms with E-state index < -0.39 is 11.5 Å². The smallest absolute Gasteiger partial charge is 0.330 e. The van der Waals surface area contributed by atoms with Crippen molar-refractivity contribution in [3.63, 3.8) is 0 Å². The Morgan fingerprint density at radius 1 is 1.10 bits per heavy atom. The van der Waals surface area contributed by atoms with Crippen LogP contribution in [0.5, 0.6) is 0 Å².